The normalized spacial score (nSPS) is 12.4. The van der Waals surface area contributed by atoms with Crippen LogP contribution >= 0.6 is 30.3 Å². The van der Waals surface area contributed by atoms with Crippen LogP contribution in [0.1, 0.15) is 0 Å². The second-order valence-electron chi connectivity index (χ2n) is 4.04. The highest BCUT2D eigenvalue weighted by Crippen LogP contribution is 2.46. The first-order chi connectivity index (χ1) is 9.16. The van der Waals surface area contributed by atoms with Gasteiger partial charge in [-0.05, 0) is 5.82 Å². The summed E-state index contributed by atoms with van der Waals surface area (Å²) in [5.74, 6) is 1.75. The van der Waals surface area contributed by atoms with Gasteiger partial charge < -0.3 is 4.57 Å². The minimum Gasteiger partial charge on any atom is -0.309 e. The van der Waals surface area contributed by atoms with Crippen molar-refractivity contribution in [2.45, 2.75) is 0 Å². The van der Waals surface area contributed by atoms with Crippen LogP contribution in [-0.4, -0.2) is 5.88 Å². The fourth-order valence-electron chi connectivity index (χ4n) is 1.83. The van der Waals surface area contributed by atoms with Crippen molar-refractivity contribution in [2.24, 2.45) is 0 Å². The number of benzene rings is 2. The Kier molecular flexibility index (Phi) is 4.87. The minimum atomic E-state index is -2.88. The van der Waals surface area contributed by atoms with Crippen LogP contribution in [0.15, 0.2) is 71.5 Å². The van der Waals surface area contributed by atoms with Gasteiger partial charge in [0.1, 0.15) is 0 Å². The van der Waals surface area contributed by atoms with E-state index in [0.717, 1.165) is 10.6 Å². The molecule has 2 rings (SSSR count). The quantitative estimate of drug-likeness (QED) is 0.607. The van der Waals surface area contributed by atoms with E-state index < -0.39 is 7.14 Å². The smallest absolute Gasteiger partial charge is 0.165 e. The maximum atomic E-state index is 13.4. The summed E-state index contributed by atoms with van der Waals surface area (Å²) in [5, 5.41) is 1.91. The Hall–Kier alpha value is -1.01. The number of alkyl halides is 1. The van der Waals surface area contributed by atoms with Crippen molar-refractivity contribution < 1.29 is 4.57 Å². The van der Waals surface area contributed by atoms with E-state index in [0.29, 0.717) is 5.03 Å². The molecule has 0 aliphatic rings. The third kappa shape index (κ3) is 3.30. The Balaban J connectivity index is 2.61. The molecule has 0 aromatic heterocycles. The fraction of sp³-hybridized carbons (Fsp3) is 0.0667. The van der Waals surface area contributed by atoms with Gasteiger partial charge >= 0.3 is 0 Å². The first-order valence-electron chi connectivity index (χ1n) is 5.81. The van der Waals surface area contributed by atoms with Crippen LogP contribution in [0.2, 0.25) is 0 Å². The van der Waals surface area contributed by atoms with Gasteiger partial charge in [-0.25, -0.2) is 0 Å². The van der Waals surface area contributed by atoms with Gasteiger partial charge in [-0.1, -0.05) is 72.3 Å². The Bertz CT molecular complexity index is 565. The van der Waals surface area contributed by atoms with Gasteiger partial charge in [0.25, 0.3) is 0 Å². The summed E-state index contributed by atoms with van der Waals surface area (Å²) in [7, 11) is -2.88. The van der Waals surface area contributed by atoms with Crippen molar-refractivity contribution in [3.8, 4) is 0 Å². The van der Waals surface area contributed by atoms with Crippen LogP contribution in [0.4, 0.5) is 0 Å². The largest absolute Gasteiger partial charge is 0.309 e. The monoisotopic (exact) mass is 310 g/mol. The standard InChI is InChI=1S/C15H13Cl2OP/c16-11-13(17)12-19(18,14-7-3-1-4-8-14)15-9-5-2-6-10-15/h1-10,12H,11H2/b13-12+. The van der Waals surface area contributed by atoms with Crippen LogP contribution in [0.25, 0.3) is 0 Å². The third-order valence-corrected chi connectivity index (χ3v) is 6.35. The molecule has 0 aliphatic carbocycles. The number of allylic oxidation sites excluding steroid dienone is 1. The van der Waals surface area contributed by atoms with Crippen LogP contribution in [-0.2, 0) is 4.57 Å². The van der Waals surface area contributed by atoms with Gasteiger partial charge in [-0.2, -0.15) is 0 Å². The zero-order chi connectivity index (χ0) is 13.7. The van der Waals surface area contributed by atoms with E-state index >= 15 is 0 Å². The van der Waals surface area contributed by atoms with Crippen molar-refractivity contribution in [1.82, 2.24) is 0 Å². The van der Waals surface area contributed by atoms with Crippen molar-refractivity contribution in [1.29, 1.82) is 0 Å². The second kappa shape index (κ2) is 6.43. The van der Waals surface area contributed by atoms with Crippen LogP contribution < -0.4 is 10.6 Å². The highest BCUT2D eigenvalue weighted by Gasteiger charge is 2.24. The molecule has 0 radical (unpaired) electrons. The number of rotatable bonds is 4. The first-order valence-corrected chi connectivity index (χ1v) is 8.50. The summed E-state index contributed by atoms with van der Waals surface area (Å²) in [6.45, 7) is 0. The molecule has 0 atom stereocenters. The molecule has 0 fully saturated rings. The maximum Gasteiger partial charge on any atom is 0.165 e. The van der Waals surface area contributed by atoms with Crippen molar-refractivity contribution >= 4 is 41.0 Å². The average molecular weight is 311 g/mol. The molecule has 0 spiro atoms. The molecule has 0 aliphatic heterocycles. The summed E-state index contributed by atoms with van der Waals surface area (Å²) in [6.07, 6.45) is 0. The number of hydrogen-bond donors (Lipinski definition) is 0. The Morgan fingerprint density at radius 2 is 1.37 bits per heavy atom. The van der Waals surface area contributed by atoms with E-state index in [4.69, 9.17) is 23.2 Å². The van der Waals surface area contributed by atoms with Gasteiger partial charge in [-0.15, -0.1) is 11.6 Å². The molecule has 2 aromatic carbocycles. The number of hydrogen-bond acceptors (Lipinski definition) is 1. The van der Waals surface area contributed by atoms with E-state index in [-0.39, 0.29) is 5.88 Å². The van der Waals surface area contributed by atoms with E-state index in [9.17, 15) is 4.57 Å². The van der Waals surface area contributed by atoms with Gasteiger partial charge in [0.2, 0.25) is 0 Å². The molecule has 0 saturated heterocycles. The lowest BCUT2D eigenvalue weighted by Gasteiger charge is -2.15. The molecule has 0 heterocycles. The van der Waals surface area contributed by atoms with Gasteiger partial charge in [-0.3, -0.25) is 0 Å². The molecule has 0 N–H and O–H groups in total. The average Bonchev–Trinajstić information content (AvgIpc) is 2.48. The summed E-state index contributed by atoms with van der Waals surface area (Å²) in [6, 6.07) is 18.7. The van der Waals surface area contributed by atoms with E-state index in [1.165, 1.54) is 0 Å². The van der Waals surface area contributed by atoms with Crippen LogP contribution in [0, 0.1) is 0 Å². The van der Waals surface area contributed by atoms with E-state index in [1.807, 2.05) is 60.7 Å². The van der Waals surface area contributed by atoms with Crippen molar-refractivity contribution in [3.63, 3.8) is 0 Å². The van der Waals surface area contributed by atoms with Crippen LogP contribution in [0.5, 0.6) is 0 Å². The lowest BCUT2D eigenvalue weighted by molar-refractivity contribution is 0.592. The first kappa shape index (κ1) is 14.4. The van der Waals surface area contributed by atoms with Crippen LogP contribution in [0.3, 0.4) is 0 Å². The number of halogens is 2. The Morgan fingerprint density at radius 1 is 0.947 bits per heavy atom. The summed E-state index contributed by atoms with van der Waals surface area (Å²) in [4.78, 5) is 0. The Morgan fingerprint density at radius 3 is 1.74 bits per heavy atom. The zero-order valence-electron chi connectivity index (χ0n) is 10.2. The lowest BCUT2D eigenvalue weighted by Crippen LogP contribution is -2.14. The molecule has 0 unspecified atom stereocenters. The molecule has 0 bridgehead atoms. The molecule has 2 aromatic rings. The van der Waals surface area contributed by atoms with Gasteiger partial charge in [0.05, 0.1) is 5.88 Å². The summed E-state index contributed by atoms with van der Waals surface area (Å²) >= 11 is 11.7. The predicted molar refractivity (Wildman–Crippen MR) is 84.4 cm³/mol. The van der Waals surface area contributed by atoms with Crippen molar-refractivity contribution in [2.75, 3.05) is 5.88 Å². The van der Waals surface area contributed by atoms with Gasteiger partial charge in [0, 0.05) is 15.6 Å². The molecular formula is C15H13Cl2OP. The molecule has 98 valence electrons. The van der Waals surface area contributed by atoms with E-state index in [2.05, 4.69) is 0 Å². The summed E-state index contributed by atoms with van der Waals surface area (Å²) in [5.41, 5.74) is 0. The van der Waals surface area contributed by atoms with E-state index in [1.54, 1.807) is 5.82 Å². The molecule has 0 saturated carbocycles. The fourth-order valence-corrected chi connectivity index (χ4v) is 4.74. The SMILES string of the molecule is O=P(/C=C(/Cl)CCl)(c1ccccc1)c1ccccc1. The van der Waals surface area contributed by atoms with Crippen molar-refractivity contribution in [3.05, 3.63) is 71.5 Å². The highest BCUT2D eigenvalue weighted by atomic mass is 35.5. The minimum absolute atomic E-state index is 0.158. The summed E-state index contributed by atoms with van der Waals surface area (Å²) < 4.78 is 13.4. The maximum absolute atomic E-state index is 13.4. The second-order valence-corrected chi connectivity index (χ2v) is 7.40. The molecule has 1 nitrogen and oxygen atoms in total. The topological polar surface area (TPSA) is 17.1 Å². The highest BCUT2D eigenvalue weighted by molar-refractivity contribution is 7.81. The molecular weight excluding hydrogens is 298 g/mol. The van der Waals surface area contributed by atoms with Gasteiger partial charge in [0.15, 0.2) is 7.14 Å². The zero-order valence-corrected chi connectivity index (χ0v) is 12.6. The predicted octanol–water partition coefficient (Wildman–Crippen LogP) is 4.32. The molecule has 4 heteroatoms. The lowest BCUT2D eigenvalue weighted by atomic mass is 10.4. The molecule has 0 amide bonds. The molecule has 19 heavy (non-hydrogen) atoms. The Labute approximate surface area is 123 Å². The third-order valence-electron chi connectivity index (χ3n) is 2.73.